The molecule has 1 saturated carbocycles. The van der Waals surface area contributed by atoms with Crippen LogP contribution in [0.25, 0.3) is 0 Å². The van der Waals surface area contributed by atoms with Crippen molar-refractivity contribution >= 4 is 34.5 Å². The maximum absolute atomic E-state index is 12.3. The Morgan fingerprint density at radius 3 is 3.10 bits per heavy atom. The van der Waals surface area contributed by atoms with Crippen LogP contribution in [-0.2, 0) is 4.74 Å². The van der Waals surface area contributed by atoms with Gasteiger partial charge in [0.25, 0.3) is 0 Å². The van der Waals surface area contributed by atoms with Crippen molar-refractivity contribution in [1.82, 2.24) is 14.3 Å². The summed E-state index contributed by atoms with van der Waals surface area (Å²) < 4.78 is 10.0. The molecule has 116 valence electrons. The van der Waals surface area contributed by atoms with Crippen molar-refractivity contribution in [2.75, 3.05) is 31.3 Å². The monoisotopic (exact) mass is 328 g/mol. The Morgan fingerprint density at radius 2 is 2.38 bits per heavy atom. The summed E-state index contributed by atoms with van der Waals surface area (Å²) in [4.78, 5) is 18.3. The number of nitrogens with one attached hydrogen (secondary N) is 1. The summed E-state index contributed by atoms with van der Waals surface area (Å²) in [5, 5.41) is 4.08. The van der Waals surface area contributed by atoms with Crippen LogP contribution in [0.5, 0.6) is 0 Å². The van der Waals surface area contributed by atoms with E-state index >= 15 is 0 Å². The number of nitrogens with zero attached hydrogens (tertiary/aromatic N) is 3. The Balaban J connectivity index is 1.48. The highest BCUT2D eigenvalue weighted by atomic mass is 32.2. The maximum atomic E-state index is 12.3. The zero-order valence-electron chi connectivity index (χ0n) is 12.1. The zero-order chi connectivity index (χ0) is 14.7. The van der Waals surface area contributed by atoms with Gasteiger partial charge in [-0.2, -0.15) is 9.36 Å². The van der Waals surface area contributed by atoms with E-state index in [4.69, 9.17) is 4.74 Å². The fourth-order valence-electron chi connectivity index (χ4n) is 2.33. The van der Waals surface area contributed by atoms with Gasteiger partial charge in [-0.3, -0.25) is 5.32 Å². The molecule has 0 unspecified atom stereocenters. The lowest BCUT2D eigenvalue weighted by Gasteiger charge is -2.32. The lowest BCUT2D eigenvalue weighted by molar-refractivity contribution is 0.00597. The van der Waals surface area contributed by atoms with E-state index < -0.39 is 0 Å². The minimum atomic E-state index is -0.0986. The number of hydrogen-bond donors (Lipinski definition) is 1. The maximum Gasteiger partial charge on any atom is 0.323 e. The minimum Gasteiger partial charge on any atom is -0.376 e. The summed E-state index contributed by atoms with van der Waals surface area (Å²) in [7, 11) is 0. The molecule has 6 nitrogen and oxygen atoms in total. The van der Waals surface area contributed by atoms with E-state index in [-0.39, 0.29) is 12.1 Å². The number of rotatable bonds is 5. The van der Waals surface area contributed by atoms with E-state index in [0.29, 0.717) is 16.8 Å². The van der Waals surface area contributed by atoms with Gasteiger partial charge in [0.1, 0.15) is 0 Å². The fourth-order valence-corrected chi connectivity index (χ4v) is 3.45. The summed E-state index contributed by atoms with van der Waals surface area (Å²) in [6.45, 7) is 2.31. The Labute approximate surface area is 132 Å². The van der Waals surface area contributed by atoms with Crippen molar-refractivity contribution in [2.24, 2.45) is 5.92 Å². The van der Waals surface area contributed by atoms with Crippen LogP contribution in [-0.4, -0.2) is 52.3 Å². The summed E-state index contributed by atoms with van der Waals surface area (Å²) >= 11 is 2.69. The number of carbonyl (C=O) groups excluding carboxylic acids is 1. The van der Waals surface area contributed by atoms with Crippen LogP contribution in [0.15, 0.2) is 5.16 Å². The van der Waals surface area contributed by atoms with Crippen LogP contribution in [0, 0.1) is 5.92 Å². The van der Waals surface area contributed by atoms with Crippen LogP contribution in [0.3, 0.4) is 0 Å². The molecule has 2 heterocycles. The minimum absolute atomic E-state index is 0.0986. The quantitative estimate of drug-likeness (QED) is 0.842. The highest BCUT2D eigenvalue weighted by Gasteiger charge is 2.27. The first-order valence-electron chi connectivity index (χ1n) is 7.30. The first kappa shape index (κ1) is 15.1. The molecule has 2 amide bonds. The van der Waals surface area contributed by atoms with Crippen molar-refractivity contribution in [2.45, 2.75) is 36.9 Å². The molecule has 1 saturated heterocycles. The van der Waals surface area contributed by atoms with Gasteiger partial charge in [-0.05, 0) is 37.9 Å². The number of amides is 2. The summed E-state index contributed by atoms with van der Waals surface area (Å²) in [5.74, 6) is 0.764. The SMILES string of the molecule is CSc1nsc(NC(=O)N2CCC[C@H](OCC3CC3)C2)n1. The van der Waals surface area contributed by atoms with Crippen LogP contribution in [0.4, 0.5) is 9.93 Å². The average molecular weight is 328 g/mol. The summed E-state index contributed by atoms with van der Waals surface area (Å²) in [6, 6.07) is -0.0986. The van der Waals surface area contributed by atoms with Crippen LogP contribution >= 0.6 is 23.3 Å². The number of aromatic nitrogens is 2. The molecule has 1 N–H and O–H groups in total. The van der Waals surface area contributed by atoms with Gasteiger partial charge in [0.05, 0.1) is 6.10 Å². The molecule has 0 spiro atoms. The Kier molecular flexibility index (Phi) is 4.97. The molecule has 21 heavy (non-hydrogen) atoms. The number of thioether (sulfide) groups is 1. The van der Waals surface area contributed by atoms with Crippen molar-refractivity contribution in [1.29, 1.82) is 0 Å². The first-order valence-corrected chi connectivity index (χ1v) is 9.29. The molecule has 1 aliphatic heterocycles. The molecule has 1 aromatic heterocycles. The second kappa shape index (κ2) is 6.93. The second-order valence-electron chi connectivity index (χ2n) is 5.50. The molecular weight excluding hydrogens is 308 g/mol. The predicted octanol–water partition coefficient (Wildman–Crippen LogP) is 2.68. The van der Waals surface area contributed by atoms with Gasteiger partial charge in [-0.1, -0.05) is 11.8 Å². The van der Waals surface area contributed by atoms with Gasteiger partial charge in [0.15, 0.2) is 0 Å². The molecule has 1 atom stereocenters. The predicted molar refractivity (Wildman–Crippen MR) is 84.0 cm³/mol. The normalized spacial score (nSPS) is 22.3. The van der Waals surface area contributed by atoms with Gasteiger partial charge < -0.3 is 9.64 Å². The Bertz CT molecular complexity index is 492. The third kappa shape index (κ3) is 4.31. The summed E-state index contributed by atoms with van der Waals surface area (Å²) in [5.41, 5.74) is 0. The standard InChI is InChI=1S/C13H20N4O2S2/c1-20-12-14-11(21-16-12)15-13(18)17-6-2-3-10(7-17)19-8-9-4-5-9/h9-10H,2-8H2,1H3,(H,14,15,16,18)/t10-/m0/s1. The number of carbonyl (C=O) groups is 1. The van der Waals surface area contributed by atoms with Gasteiger partial charge in [0, 0.05) is 31.2 Å². The van der Waals surface area contributed by atoms with E-state index in [1.54, 1.807) is 0 Å². The topological polar surface area (TPSA) is 67.4 Å². The fraction of sp³-hybridized carbons (Fsp3) is 0.769. The molecule has 0 radical (unpaired) electrons. The molecule has 1 aromatic rings. The van der Waals surface area contributed by atoms with E-state index in [0.717, 1.165) is 31.9 Å². The van der Waals surface area contributed by atoms with Crippen LogP contribution < -0.4 is 5.32 Å². The van der Waals surface area contributed by atoms with E-state index in [9.17, 15) is 4.79 Å². The summed E-state index contributed by atoms with van der Waals surface area (Å²) in [6.07, 6.45) is 6.74. The average Bonchev–Trinajstić information content (AvgIpc) is 3.24. The van der Waals surface area contributed by atoms with Crippen molar-refractivity contribution in [3.63, 3.8) is 0 Å². The smallest absolute Gasteiger partial charge is 0.323 e. The first-order chi connectivity index (χ1) is 10.2. The molecule has 2 fully saturated rings. The molecule has 0 bridgehead atoms. The van der Waals surface area contributed by atoms with Crippen molar-refractivity contribution in [3.8, 4) is 0 Å². The van der Waals surface area contributed by atoms with Gasteiger partial charge in [0.2, 0.25) is 10.3 Å². The number of anilines is 1. The largest absolute Gasteiger partial charge is 0.376 e. The number of likely N-dealkylation sites (tertiary alicyclic amines) is 1. The zero-order valence-corrected chi connectivity index (χ0v) is 13.7. The molecular formula is C13H20N4O2S2. The van der Waals surface area contributed by atoms with Crippen molar-refractivity contribution < 1.29 is 9.53 Å². The highest BCUT2D eigenvalue weighted by Crippen LogP contribution is 2.30. The third-order valence-electron chi connectivity index (χ3n) is 3.73. The van der Waals surface area contributed by atoms with E-state index in [1.807, 2.05) is 11.2 Å². The molecule has 8 heteroatoms. The van der Waals surface area contributed by atoms with E-state index in [1.165, 1.54) is 36.1 Å². The van der Waals surface area contributed by atoms with Crippen LogP contribution in [0.1, 0.15) is 25.7 Å². The van der Waals surface area contributed by atoms with Gasteiger partial charge >= 0.3 is 6.03 Å². The molecule has 0 aromatic carbocycles. The number of urea groups is 1. The number of ether oxygens (including phenoxy) is 1. The number of hydrogen-bond acceptors (Lipinski definition) is 6. The van der Waals surface area contributed by atoms with E-state index in [2.05, 4.69) is 14.7 Å². The molecule has 1 aliphatic carbocycles. The lowest BCUT2D eigenvalue weighted by atomic mass is 10.1. The Hall–Kier alpha value is -0.860. The van der Waals surface area contributed by atoms with Gasteiger partial charge in [-0.25, -0.2) is 4.79 Å². The number of piperidine rings is 1. The third-order valence-corrected chi connectivity index (χ3v) is 5.03. The second-order valence-corrected chi connectivity index (χ2v) is 7.03. The molecule has 2 aliphatic rings. The highest BCUT2D eigenvalue weighted by molar-refractivity contribution is 7.98. The Morgan fingerprint density at radius 1 is 1.52 bits per heavy atom. The van der Waals surface area contributed by atoms with Gasteiger partial charge in [-0.15, -0.1) is 0 Å². The molecule has 3 rings (SSSR count). The van der Waals surface area contributed by atoms with Crippen LogP contribution in [0.2, 0.25) is 0 Å². The van der Waals surface area contributed by atoms with Crippen molar-refractivity contribution in [3.05, 3.63) is 0 Å². The lowest BCUT2D eigenvalue weighted by Crippen LogP contribution is -2.45.